The van der Waals surface area contributed by atoms with Crippen LogP contribution in [0.3, 0.4) is 0 Å². The van der Waals surface area contributed by atoms with Gasteiger partial charge in [-0.15, -0.1) is 0 Å². The predicted molar refractivity (Wildman–Crippen MR) is 44.4 cm³/mol. The van der Waals surface area contributed by atoms with Gasteiger partial charge in [0.25, 0.3) is 0 Å². The molecular weight excluding hydrogens is 172 g/mol. The number of nitrogens with one attached hydrogen (secondary N) is 1. The lowest BCUT2D eigenvalue weighted by Gasteiger charge is -2.03. The molecule has 5 heteroatoms. The number of hydrogen-bond acceptors (Lipinski definition) is 3. The lowest BCUT2D eigenvalue weighted by Crippen LogP contribution is -2.10. The number of anilines is 1. The van der Waals surface area contributed by atoms with E-state index >= 15 is 0 Å². The van der Waals surface area contributed by atoms with Crippen molar-refractivity contribution in [3.8, 4) is 0 Å². The Hall–Kier alpha value is -1.62. The molecule has 0 saturated heterocycles. The minimum atomic E-state index is -1.10. The molecule has 0 unspecified atom stereocenters. The van der Waals surface area contributed by atoms with Crippen molar-refractivity contribution in [1.29, 1.82) is 0 Å². The summed E-state index contributed by atoms with van der Waals surface area (Å²) < 4.78 is 5.16. The maximum atomic E-state index is 10.4. The van der Waals surface area contributed by atoms with Crippen molar-refractivity contribution < 1.29 is 14.6 Å². The Kier molecular flexibility index (Phi) is 1.86. The summed E-state index contributed by atoms with van der Waals surface area (Å²) in [7, 11) is 0. The van der Waals surface area contributed by atoms with Crippen molar-refractivity contribution in [3.63, 3.8) is 0 Å². The Morgan fingerprint density at radius 3 is 3.23 bits per heavy atom. The van der Waals surface area contributed by atoms with E-state index in [0.717, 1.165) is 11.1 Å². The fourth-order valence-corrected chi connectivity index (χ4v) is 1.30. The highest BCUT2D eigenvalue weighted by molar-refractivity contribution is 5.82. The first kappa shape index (κ1) is 8.00. The number of carboxylic acid groups (broad SMARTS) is 1. The average molecular weight is 180 g/mol. The zero-order valence-electron chi connectivity index (χ0n) is 6.78. The van der Waals surface area contributed by atoms with Crippen LogP contribution in [0.2, 0.25) is 0 Å². The molecule has 2 heterocycles. The second-order valence-electron chi connectivity index (χ2n) is 2.72. The van der Waals surface area contributed by atoms with E-state index in [2.05, 4.69) is 10.3 Å². The van der Waals surface area contributed by atoms with E-state index in [0.29, 0.717) is 19.0 Å². The number of pyridine rings is 1. The third-order valence-electron chi connectivity index (χ3n) is 1.88. The van der Waals surface area contributed by atoms with Crippen molar-refractivity contribution >= 4 is 11.9 Å². The Bertz CT molecular complexity index is 351. The first-order valence-corrected chi connectivity index (χ1v) is 3.82. The van der Waals surface area contributed by atoms with Crippen molar-refractivity contribution in [3.05, 3.63) is 23.4 Å². The molecule has 13 heavy (non-hydrogen) atoms. The summed E-state index contributed by atoms with van der Waals surface area (Å²) in [5.74, 6) is 0.377. The summed E-state index contributed by atoms with van der Waals surface area (Å²) in [4.78, 5) is 14.3. The number of ether oxygens (including phenoxy) is 1. The van der Waals surface area contributed by atoms with E-state index in [4.69, 9.17) is 9.84 Å². The molecule has 0 aromatic carbocycles. The SMILES string of the molecule is O=C(O)Nc1nccc2c1COC2. The van der Waals surface area contributed by atoms with Crippen LogP contribution >= 0.6 is 0 Å². The van der Waals surface area contributed by atoms with Crippen LogP contribution in [0.25, 0.3) is 0 Å². The maximum Gasteiger partial charge on any atom is 0.410 e. The Morgan fingerprint density at radius 1 is 1.62 bits per heavy atom. The van der Waals surface area contributed by atoms with Crippen LogP contribution in [-0.4, -0.2) is 16.2 Å². The maximum absolute atomic E-state index is 10.4. The Balaban J connectivity index is 2.36. The largest absolute Gasteiger partial charge is 0.465 e. The molecule has 1 aromatic rings. The van der Waals surface area contributed by atoms with Gasteiger partial charge in [0.1, 0.15) is 5.82 Å². The highest BCUT2D eigenvalue weighted by Crippen LogP contribution is 2.24. The van der Waals surface area contributed by atoms with Crippen molar-refractivity contribution in [2.75, 3.05) is 5.32 Å². The molecule has 0 radical (unpaired) electrons. The summed E-state index contributed by atoms with van der Waals surface area (Å²) in [6.07, 6.45) is 0.464. The molecule has 0 spiro atoms. The summed E-state index contributed by atoms with van der Waals surface area (Å²) >= 11 is 0. The molecule has 0 aliphatic carbocycles. The van der Waals surface area contributed by atoms with E-state index < -0.39 is 6.09 Å². The predicted octanol–water partition coefficient (Wildman–Crippen LogP) is 1.20. The van der Waals surface area contributed by atoms with Crippen molar-refractivity contribution in [2.24, 2.45) is 0 Å². The van der Waals surface area contributed by atoms with Gasteiger partial charge in [0.2, 0.25) is 0 Å². The minimum absolute atomic E-state index is 0.377. The second kappa shape index (κ2) is 3.02. The van der Waals surface area contributed by atoms with Gasteiger partial charge >= 0.3 is 6.09 Å². The Morgan fingerprint density at radius 2 is 2.46 bits per heavy atom. The lowest BCUT2D eigenvalue weighted by molar-refractivity contribution is 0.134. The van der Waals surface area contributed by atoms with Gasteiger partial charge in [-0.25, -0.2) is 9.78 Å². The Labute approximate surface area is 74.4 Å². The van der Waals surface area contributed by atoms with Gasteiger partial charge in [-0.2, -0.15) is 0 Å². The smallest absolute Gasteiger partial charge is 0.410 e. The highest BCUT2D eigenvalue weighted by atomic mass is 16.5. The van der Waals surface area contributed by atoms with Gasteiger partial charge in [-0.3, -0.25) is 5.32 Å². The molecule has 5 nitrogen and oxygen atoms in total. The summed E-state index contributed by atoms with van der Waals surface area (Å²) in [5, 5.41) is 10.7. The van der Waals surface area contributed by atoms with Crippen LogP contribution in [0.15, 0.2) is 12.3 Å². The van der Waals surface area contributed by atoms with Gasteiger partial charge in [-0.05, 0) is 11.6 Å². The number of amides is 1. The first-order valence-electron chi connectivity index (χ1n) is 3.82. The second-order valence-corrected chi connectivity index (χ2v) is 2.72. The van der Waals surface area contributed by atoms with Crippen molar-refractivity contribution in [1.82, 2.24) is 4.98 Å². The highest BCUT2D eigenvalue weighted by Gasteiger charge is 2.16. The standard InChI is InChI=1S/C8H8N2O3/c11-8(12)10-7-6-4-13-3-5(6)1-2-9-7/h1-2H,3-4H2,(H,9,10)(H,11,12). The number of aromatic nitrogens is 1. The zero-order valence-corrected chi connectivity index (χ0v) is 6.78. The molecule has 1 aliphatic heterocycles. The third-order valence-corrected chi connectivity index (χ3v) is 1.88. The molecule has 0 atom stereocenters. The third kappa shape index (κ3) is 1.46. The van der Waals surface area contributed by atoms with Gasteiger partial charge in [0, 0.05) is 11.8 Å². The summed E-state index contributed by atoms with van der Waals surface area (Å²) in [5.41, 5.74) is 1.84. The summed E-state index contributed by atoms with van der Waals surface area (Å²) in [6, 6.07) is 1.83. The molecule has 2 rings (SSSR count). The molecule has 0 fully saturated rings. The molecule has 0 saturated carbocycles. The molecule has 2 N–H and O–H groups in total. The van der Waals surface area contributed by atoms with E-state index in [1.165, 1.54) is 0 Å². The minimum Gasteiger partial charge on any atom is -0.465 e. The lowest BCUT2D eigenvalue weighted by atomic mass is 10.2. The van der Waals surface area contributed by atoms with E-state index in [-0.39, 0.29) is 0 Å². The average Bonchev–Trinajstić information content (AvgIpc) is 2.51. The number of nitrogens with zero attached hydrogens (tertiary/aromatic N) is 1. The van der Waals surface area contributed by atoms with Crippen LogP contribution in [0.4, 0.5) is 10.6 Å². The summed E-state index contributed by atoms with van der Waals surface area (Å²) in [6.45, 7) is 0.963. The number of hydrogen-bond donors (Lipinski definition) is 2. The molecule has 68 valence electrons. The van der Waals surface area contributed by atoms with Gasteiger partial charge < -0.3 is 9.84 Å². The molecule has 1 amide bonds. The monoisotopic (exact) mass is 180 g/mol. The van der Waals surface area contributed by atoms with E-state index in [9.17, 15) is 4.79 Å². The number of carbonyl (C=O) groups is 1. The van der Waals surface area contributed by atoms with Gasteiger partial charge in [0.15, 0.2) is 0 Å². The number of rotatable bonds is 1. The van der Waals surface area contributed by atoms with Crippen LogP contribution in [0.5, 0.6) is 0 Å². The molecule has 1 aromatic heterocycles. The van der Waals surface area contributed by atoms with Crippen LogP contribution < -0.4 is 5.32 Å². The van der Waals surface area contributed by atoms with Crippen LogP contribution in [0.1, 0.15) is 11.1 Å². The van der Waals surface area contributed by atoms with E-state index in [1.54, 1.807) is 6.20 Å². The quantitative estimate of drug-likeness (QED) is 0.681. The number of fused-ring (bicyclic) bond motifs is 1. The topological polar surface area (TPSA) is 71.5 Å². The van der Waals surface area contributed by atoms with E-state index in [1.807, 2.05) is 6.07 Å². The van der Waals surface area contributed by atoms with Gasteiger partial charge in [-0.1, -0.05) is 0 Å². The fraction of sp³-hybridized carbons (Fsp3) is 0.250. The fourth-order valence-electron chi connectivity index (χ4n) is 1.30. The van der Waals surface area contributed by atoms with Gasteiger partial charge in [0.05, 0.1) is 13.2 Å². The van der Waals surface area contributed by atoms with Crippen molar-refractivity contribution in [2.45, 2.75) is 13.2 Å². The normalized spacial score (nSPS) is 13.8. The first-order chi connectivity index (χ1) is 6.27. The van der Waals surface area contributed by atoms with Crippen LogP contribution in [-0.2, 0) is 18.0 Å². The molecule has 1 aliphatic rings. The van der Waals surface area contributed by atoms with Crippen LogP contribution in [0, 0.1) is 0 Å². The molecule has 0 bridgehead atoms. The zero-order chi connectivity index (χ0) is 9.26. The molecular formula is C8H8N2O3.